The van der Waals surface area contributed by atoms with Crippen LogP contribution < -0.4 is 5.32 Å². The van der Waals surface area contributed by atoms with Gasteiger partial charge in [-0.3, -0.25) is 4.57 Å². The van der Waals surface area contributed by atoms with Gasteiger partial charge in [-0.05, 0) is 95.1 Å². The van der Waals surface area contributed by atoms with Gasteiger partial charge in [-0.2, -0.15) is 4.98 Å². The van der Waals surface area contributed by atoms with Gasteiger partial charge in [-0.25, -0.2) is 19.3 Å². The maximum Gasteiger partial charge on any atom is 0.224 e. The van der Waals surface area contributed by atoms with Crippen LogP contribution in [0.3, 0.4) is 0 Å². The number of nitrogens with one attached hydrogen (secondary N) is 1. The van der Waals surface area contributed by atoms with E-state index in [9.17, 15) is 9.50 Å². The second-order valence-electron chi connectivity index (χ2n) is 11.6. The van der Waals surface area contributed by atoms with Gasteiger partial charge < -0.3 is 15.3 Å². The quantitative estimate of drug-likeness (QED) is 0.335. The van der Waals surface area contributed by atoms with Crippen molar-refractivity contribution >= 4 is 17.1 Å². The van der Waals surface area contributed by atoms with E-state index in [0.717, 1.165) is 55.5 Å². The van der Waals surface area contributed by atoms with Gasteiger partial charge in [0.1, 0.15) is 17.5 Å². The van der Waals surface area contributed by atoms with E-state index in [1.165, 1.54) is 25.0 Å². The number of likely N-dealkylation sites (tertiary alicyclic amines) is 1. The average molecular weight is 530 g/mol. The van der Waals surface area contributed by atoms with Crippen molar-refractivity contribution in [3.05, 3.63) is 60.2 Å². The van der Waals surface area contributed by atoms with Crippen molar-refractivity contribution in [3.63, 3.8) is 0 Å². The summed E-state index contributed by atoms with van der Waals surface area (Å²) in [5.41, 5.74) is 2.63. The Hall–Kier alpha value is -3.43. The lowest BCUT2D eigenvalue weighted by Crippen LogP contribution is -2.42. The molecule has 0 spiro atoms. The molecular weight excluding hydrogens is 493 g/mol. The molecule has 6 rings (SSSR count). The Bertz CT molecular complexity index is 1430. The number of fused-ring (bicyclic) bond motifs is 1. The van der Waals surface area contributed by atoms with Crippen molar-refractivity contribution in [3.8, 4) is 17.2 Å². The minimum atomic E-state index is -0.693. The van der Waals surface area contributed by atoms with Crippen molar-refractivity contribution in [2.45, 2.75) is 69.9 Å². The molecule has 2 aliphatic rings. The Kier molecular flexibility index (Phi) is 7.03. The lowest BCUT2D eigenvalue weighted by atomic mass is 9.92. The molecule has 2 N–H and O–H groups in total. The summed E-state index contributed by atoms with van der Waals surface area (Å²) < 4.78 is 15.8. The van der Waals surface area contributed by atoms with Crippen LogP contribution in [0.25, 0.3) is 28.4 Å². The Morgan fingerprint density at radius 2 is 1.69 bits per heavy atom. The Morgan fingerprint density at radius 1 is 0.949 bits per heavy atom. The molecule has 0 radical (unpaired) electrons. The molecule has 9 heteroatoms. The zero-order chi connectivity index (χ0) is 27.0. The summed E-state index contributed by atoms with van der Waals surface area (Å²) in [4.78, 5) is 21.6. The van der Waals surface area contributed by atoms with Gasteiger partial charge in [-0.1, -0.05) is 12.8 Å². The summed E-state index contributed by atoms with van der Waals surface area (Å²) in [6, 6.07) is 12.8. The molecule has 1 aromatic carbocycles. The number of anilines is 1. The number of halogens is 1. The molecular formula is C30H36FN7O. The van der Waals surface area contributed by atoms with Crippen LogP contribution in [0.15, 0.2) is 48.7 Å². The molecule has 4 aromatic rings. The maximum absolute atomic E-state index is 13.8. The third-order valence-corrected chi connectivity index (χ3v) is 7.82. The maximum atomic E-state index is 13.8. The van der Waals surface area contributed by atoms with Crippen LogP contribution in [0.2, 0.25) is 0 Å². The number of aliphatic hydroxyl groups is 1. The van der Waals surface area contributed by atoms with Crippen molar-refractivity contribution in [1.82, 2.24) is 29.4 Å². The lowest BCUT2D eigenvalue weighted by molar-refractivity contribution is 0.0280. The summed E-state index contributed by atoms with van der Waals surface area (Å²) >= 11 is 0. The molecule has 1 aliphatic heterocycles. The van der Waals surface area contributed by atoms with Gasteiger partial charge in [0.15, 0.2) is 5.65 Å². The first kappa shape index (κ1) is 25.8. The van der Waals surface area contributed by atoms with Gasteiger partial charge in [0, 0.05) is 36.0 Å². The van der Waals surface area contributed by atoms with Crippen LogP contribution in [0.1, 0.15) is 64.0 Å². The topological polar surface area (TPSA) is 92.0 Å². The first-order valence-electron chi connectivity index (χ1n) is 14.0. The van der Waals surface area contributed by atoms with Crippen LogP contribution in [0.4, 0.5) is 10.3 Å². The predicted octanol–water partition coefficient (Wildman–Crippen LogP) is 5.32. The van der Waals surface area contributed by atoms with E-state index in [2.05, 4.69) is 27.3 Å². The van der Waals surface area contributed by atoms with Crippen molar-refractivity contribution < 1.29 is 9.50 Å². The number of imidazole rings is 1. The van der Waals surface area contributed by atoms with Crippen LogP contribution in [-0.4, -0.2) is 65.8 Å². The number of aromatic nitrogens is 5. The third-order valence-electron chi connectivity index (χ3n) is 7.82. The lowest BCUT2D eigenvalue weighted by Gasteiger charge is -2.35. The number of rotatable bonds is 7. The molecule has 39 heavy (non-hydrogen) atoms. The largest absolute Gasteiger partial charge is 0.389 e. The first-order chi connectivity index (χ1) is 18.8. The van der Waals surface area contributed by atoms with E-state index in [0.29, 0.717) is 41.7 Å². The van der Waals surface area contributed by atoms with Crippen LogP contribution in [-0.2, 0) is 0 Å². The normalized spacial score (nSPS) is 17.7. The van der Waals surface area contributed by atoms with E-state index in [-0.39, 0.29) is 5.82 Å². The molecule has 8 nitrogen and oxygen atoms in total. The molecule has 0 unspecified atom stereocenters. The van der Waals surface area contributed by atoms with Gasteiger partial charge >= 0.3 is 0 Å². The van der Waals surface area contributed by atoms with Crippen LogP contribution in [0.5, 0.6) is 0 Å². The monoisotopic (exact) mass is 529 g/mol. The molecule has 4 heterocycles. The number of piperidine rings is 1. The van der Waals surface area contributed by atoms with Crippen molar-refractivity contribution in [2.24, 2.45) is 0 Å². The zero-order valence-corrected chi connectivity index (χ0v) is 22.6. The van der Waals surface area contributed by atoms with E-state index < -0.39 is 5.60 Å². The molecule has 1 saturated carbocycles. The fraction of sp³-hybridized carbons (Fsp3) is 0.467. The fourth-order valence-corrected chi connectivity index (χ4v) is 5.96. The highest BCUT2D eigenvalue weighted by Gasteiger charge is 2.26. The molecule has 3 aromatic heterocycles. The van der Waals surface area contributed by atoms with E-state index in [1.54, 1.807) is 18.3 Å². The predicted molar refractivity (Wildman–Crippen MR) is 150 cm³/mol. The minimum absolute atomic E-state index is 0.289. The minimum Gasteiger partial charge on any atom is -0.389 e. The standard InChI is InChI=1S/C30H36FN7O/c1-30(2,39)19-37-17-14-20(15-18-37)24-11-12-25-27(34-24)36-28(21-7-9-22(31)10-8-21)38(25)26-13-16-32-29(35-26)33-23-5-3-4-6-23/h7-13,16,20,23,39H,3-6,14-15,17-19H2,1-2H3,(H,32,33,35). The van der Waals surface area contributed by atoms with Crippen LogP contribution >= 0.6 is 0 Å². The Balaban J connectivity index is 1.34. The molecule has 0 atom stereocenters. The van der Waals surface area contributed by atoms with E-state index in [1.807, 2.05) is 24.5 Å². The number of β-amino-alcohol motifs (C(OH)–C–C–N with tert-alkyl or cyclic N) is 1. The number of hydrogen-bond donors (Lipinski definition) is 2. The number of benzene rings is 1. The zero-order valence-electron chi connectivity index (χ0n) is 22.6. The Morgan fingerprint density at radius 3 is 2.41 bits per heavy atom. The molecule has 204 valence electrons. The van der Waals surface area contributed by atoms with Crippen molar-refractivity contribution in [2.75, 3.05) is 25.0 Å². The molecule has 1 aliphatic carbocycles. The summed E-state index contributed by atoms with van der Waals surface area (Å²) in [7, 11) is 0. The summed E-state index contributed by atoms with van der Waals surface area (Å²) in [5.74, 6) is 2.02. The highest BCUT2D eigenvalue weighted by Crippen LogP contribution is 2.32. The molecule has 0 bridgehead atoms. The number of pyridine rings is 1. The summed E-state index contributed by atoms with van der Waals surface area (Å²) in [6.07, 6.45) is 8.46. The molecule has 1 saturated heterocycles. The molecule has 2 fully saturated rings. The second-order valence-corrected chi connectivity index (χ2v) is 11.6. The van der Waals surface area contributed by atoms with Crippen LogP contribution in [0, 0.1) is 5.82 Å². The number of hydrogen-bond acceptors (Lipinski definition) is 7. The molecule has 0 amide bonds. The summed E-state index contributed by atoms with van der Waals surface area (Å²) in [5, 5.41) is 13.7. The summed E-state index contributed by atoms with van der Waals surface area (Å²) in [6.45, 7) is 6.25. The highest BCUT2D eigenvalue weighted by atomic mass is 19.1. The second kappa shape index (κ2) is 10.6. The third kappa shape index (κ3) is 5.79. The number of nitrogens with zero attached hydrogens (tertiary/aromatic N) is 6. The average Bonchev–Trinajstić information content (AvgIpc) is 3.56. The first-order valence-corrected chi connectivity index (χ1v) is 14.0. The van der Waals surface area contributed by atoms with Gasteiger partial charge in [0.2, 0.25) is 5.95 Å². The van der Waals surface area contributed by atoms with Gasteiger partial charge in [0.05, 0.1) is 11.1 Å². The Labute approximate surface area is 228 Å². The van der Waals surface area contributed by atoms with Crippen molar-refractivity contribution in [1.29, 1.82) is 0 Å². The highest BCUT2D eigenvalue weighted by molar-refractivity contribution is 5.80. The van der Waals surface area contributed by atoms with Gasteiger partial charge in [0.25, 0.3) is 0 Å². The van der Waals surface area contributed by atoms with E-state index in [4.69, 9.17) is 15.0 Å². The fourth-order valence-electron chi connectivity index (χ4n) is 5.96. The van der Waals surface area contributed by atoms with Gasteiger partial charge in [-0.15, -0.1) is 0 Å². The van der Waals surface area contributed by atoms with E-state index >= 15 is 0 Å². The smallest absolute Gasteiger partial charge is 0.224 e. The SMILES string of the molecule is CC(C)(O)CN1CCC(c2ccc3c(n2)nc(-c2ccc(F)cc2)n3-c2ccnc(NC3CCCC3)n2)CC1.